The standard InChI is InChI=1S/C10H18N2O3/c1-7(2)5-9(13)12(11)8(3)6-10(14)15-4/h5,8H,6,11H2,1-4H3. The van der Waals surface area contributed by atoms with Gasteiger partial charge in [0.1, 0.15) is 0 Å². The van der Waals surface area contributed by atoms with Crippen molar-refractivity contribution in [1.82, 2.24) is 5.01 Å². The molecule has 0 saturated heterocycles. The lowest BCUT2D eigenvalue weighted by Crippen LogP contribution is -2.44. The molecule has 0 rings (SSSR count). The molecule has 0 aliphatic heterocycles. The molecular weight excluding hydrogens is 196 g/mol. The highest BCUT2D eigenvalue weighted by molar-refractivity contribution is 5.88. The summed E-state index contributed by atoms with van der Waals surface area (Å²) >= 11 is 0. The third-order valence-electron chi connectivity index (χ3n) is 1.83. The Balaban J connectivity index is 4.31. The van der Waals surface area contributed by atoms with Gasteiger partial charge in [0.05, 0.1) is 19.6 Å². The van der Waals surface area contributed by atoms with Crippen LogP contribution in [0.25, 0.3) is 0 Å². The van der Waals surface area contributed by atoms with Gasteiger partial charge in [0.25, 0.3) is 5.91 Å². The zero-order valence-corrected chi connectivity index (χ0v) is 9.61. The van der Waals surface area contributed by atoms with Crippen molar-refractivity contribution in [3.8, 4) is 0 Å². The fraction of sp³-hybridized carbons (Fsp3) is 0.600. The monoisotopic (exact) mass is 214 g/mol. The van der Waals surface area contributed by atoms with Gasteiger partial charge in [-0.15, -0.1) is 0 Å². The third-order valence-corrected chi connectivity index (χ3v) is 1.83. The highest BCUT2D eigenvalue weighted by atomic mass is 16.5. The molecule has 0 aromatic rings. The van der Waals surface area contributed by atoms with E-state index < -0.39 is 0 Å². The number of nitrogens with zero attached hydrogens (tertiary/aromatic N) is 1. The largest absolute Gasteiger partial charge is 0.469 e. The van der Waals surface area contributed by atoms with Crippen LogP contribution in [0, 0.1) is 0 Å². The minimum Gasteiger partial charge on any atom is -0.469 e. The Kier molecular flexibility index (Phi) is 5.62. The maximum atomic E-state index is 11.4. The molecular formula is C10H18N2O3. The van der Waals surface area contributed by atoms with Gasteiger partial charge in [-0.3, -0.25) is 14.6 Å². The highest BCUT2D eigenvalue weighted by Gasteiger charge is 2.18. The van der Waals surface area contributed by atoms with E-state index >= 15 is 0 Å². The van der Waals surface area contributed by atoms with Gasteiger partial charge >= 0.3 is 5.97 Å². The molecule has 15 heavy (non-hydrogen) atoms. The SMILES string of the molecule is COC(=O)CC(C)N(N)C(=O)C=C(C)C. The van der Waals surface area contributed by atoms with E-state index in [1.165, 1.54) is 13.2 Å². The molecule has 1 amide bonds. The summed E-state index contributed by atoms with van der Waals surface area (Å²) in [6.45, 7) is 5.29. The Morgan fingerprint density at radius 1 is 1.47 bits per heavy atom. The van der Waals surface area contributed by atoms with Gasteiger partial charge in [-0.25, -0.2) is 5.84 Å². The van der Waals surface area contributed by atoms with E-state index in [2.05, 4.69) is 4.74 Å². The summed E-state index contributed by atoms with van der Waals surface area (Å²) in [6.07, 6.45) is 1.52. The van der Waals surface area contributed by atoms with E-state index in [9.17, 15) is 9.59 Å². The molecule has 0 aromatic heterocycles. The smallest absolute Gasteiger partial charge is 0.307 e. The number of hydrogen-bond acceptors (Lipinski definition) is 4. The number of methoxy groups -OCH3 is 1. The Hall–Kier alpha value is -1.36. The second-order valence-corrected chi connectivity index (χ2v) is 3.60. The van der Waals surface area contributed by atoms with Gasteiger partial charge < -0.3 is 4.74 Å². The van der Waals surface area contributed by atoms with E-state index in [4.69, 9.17) is 5.84 Å². The van der Waals surface area contributed by atoms with E-state index in [-0.39, 0.29) is 24.3 Å². The Labute approximate surface area is 89.8 Å². The van der Waals surface area contributed by atoms with Crippen LogP contribution in [-0.2, 0) is 14.3 Å². The molecule has 5 heteroatoms. The lowest BCUT2D eigenvalue weighted by atomic mass is 10.2. The van der Waals surface area contributed by atoms with Crippen molar-refractivity contribution in [3.63, 3.8) is 0 Å². The fourth-order valence-electron chi connectivity index (χ4n) is 0.962. The number of carbonyl (C=O) groups is 2. The minimum absolute atomic E-state index is 0.0926. The topological polar surface area (TPSA) is 72.6 Å². The summed E-state index contributed by atoms with van der Waals surface area (Å²) in [7, 11) is 1.30. The van der Waals surface area contributed by atoms with Gasteiger partial charge in [-0.1, -0.05) is 5.57 Å². The number of rotatable bonds is 4. The van der Waals surface area contributed by atoms with Crippen molar-refractivity contribution in [2.24, 2.45) is 5.84 Å². The number of nitrogens with two attached hydrogens (primary N) is 1. The van der Waals surface area contributed by atoms with E-state index in [0.29, 0.717) is 0 Å². The average molecular weight is 214 g/mol. The van der Waals surface area contributed by atoms with Gasteiger partial charge in [-0.2, -0.15) is 0 Å². The molecule has 0 spiro atoms. The average Bonchev–Trinajstić information content (AvgIpc) is 2.15. The van der Waals surface area contributed by atoms with E-state index in [1.54, 1.807) is 20.8 Å². The zero-order valence-electron chi connectivity index (χ0n) is 9.61. The molecule has 1 atom stereocenters. The number of esters is 1. The molecule has 2 N–H and O–H groups in total. The number of ether oxygens (including phenoxy) is 1. The Morgan fingerprint density at radius 3 is 2.40 bits per heavy atom. The van der Waals surface area contributed by atoms with Gasteiger partial charge in [0.2, 0.25) is 0 Å². The second-order valence-electron chi connectivity index (χ2n) is 3.60. The summed E-state index contributed by atoms with van der Waals surface area (Å²) in [5, 5.41) is 1.03. The first-order chi connectivity index (χ1) is 6.88. The quantitative estimate of drug-likeness (QED) is 0.244. The van der Waals surface area contributed by atoms with Crippen LogP contribution in [0.5, 0.6) is 0 Å². The summed E-state index contributed by atoms with van der Waals surface area (Å²) in [4.78, 5) is 22.4. The van der Waals surface area contributed by atoms with Crippen molar-refractivity contribution in [1.29, 1.82) is 0 Å². The molecule has 0 aromatic carbocycles. The Morgan fingerprint density at radius 2 is 2.00 bits per heavy atom. The van der Waals surface area contributed by atoms with Crippen molar-refractivity contribution in [2.45, 2.75) is 33.2 Å². The molecule has 0 fully saturated rings. The lowest BCUT2D eigenvalue weighted by molar-refractivity contribution is -0.142. The molecule has 0 radical (unpaired) electrons. The van der Waals surface area contributed by atoms with Crippen LogP contribution in [-0.4, -0.2) is 30.0 Å². The number of allylic oxidation sites excluding steroid dienone is 1. The first-order valence-electron chi connectivity index (χ1n) is 4.68. The van der Waals surface area contributed by atoms with Crippen LogP contribution in [0.15, 0.2) is 11.6 Å². The fourth-order valence-corrected chi connectivity index (χ4v) is 0.962. The lowest BCUT2D eigenvalue weighted by Gasteiger charge is -2.22. The van der Waals surface area contributed by atoms with Crippen LogP contribution in [0.4, 0.5) is 0 Å². The molecule has 0 saturated carbocycles. The first kappa shape index (κ1) is 13.6. The maximum Gasteiger partial charge on any atom is 0.307 e. The highest BCUT2D eigenvalue weighted by Crippen LogP contribution is 2.02. The zero-order chi connectivity index (χ0) is 12.0. The summed E-state index contributed by atoms with van der Waals surface area (Å²) in [5.41, 5.74) is 0.862. The van der Waals surface area contributed by atoms with Crippen molar-refractivity contribution in [3.05, 3.63) is 11.6 Å². The molecule has 0 heterocycles. The number of amides is 1. The van der Waals surface area contributed by atoms with Crippen LogP contribution in [0.3, 0.4) is 0 Å². The first-order valence-corrected chi connectivity index (χ1v) is 4.68. The summed E-state index contributed by atoms with van der Waals surface area (Å²) in [6, 6.07) is -0.374. The summed E-state index contributed by atoms with van der Waals surface area (Å²) < 4.78 is 4.48. The van der Waals surface area contributed by atoms with Crippen molar-refractivity contribution in [2.75, 3.05) is 7.11 Å². The van der Waals surface area contributed by atoms with Crippen LogP contribution < -0.4 is 5.84 Å². The normalized spacial score (nSPS) is 11.5. The number of hydrogen-bond donors (Lipinski definition) is 1. The minimum atomic E-state index is -0.386. The third kappa shape index (κ3) is 5.17. The van der Waals surface area contributed by atoms with Crippen LogP contribution in [0.2, 0.25) is 0 Å². The maximum absolute atomic E-state index is 11.4. The number of hydrazine groups is 1. The van der Waals surface area contributed by atoms with Gasteiger partial charge in [-0.05, 0) is 20.8 Å². The van der Waals surface area contributed by atoms with Crippen LogP contribution in [0.1, 0.15) is 27.2 Å². The molecule has 86 valence electrons. The second kappa shape index (κ2) is 6.19. The summed E-state index contributed by atoms with van der Waals surface area (Å²) in [5.74, 6) is 4.84. The molecule has 0 aliphatic rings. The number of carbonyl (C=O) groups excluding carboxylic acids is 2. The van der Waals surface area contributed by atoms with E-state index in [0.717, 1.165) is 10.6 Å². The van der Waals surface area contributed by atoms with Crippen molar-refractivity contribution < 1.29 is 14.3 Å². The molecule has 0 aliphatic carbocycles. The molecule has 0 bridgehead atoms. The van der Waals surface area contributed by atoms with Gasteiger partial charge in [0, 0.05) is 6.08 Å². The predicted octanol–water partition coefficient (Wildman–Crippen LogP) is 0.607. The van der Waals surface area contributed by atoms with Gasteiger partial charge in [0.15, 0.2) is 0 Å². The van der Waals surface area contributed by atoms with Crippen molar-refractivity contribution >= 4 is 11.9 Å². The van der Waals surface area contributed by atoms with Crippen LogP contribution >= 0.6 is 0 Å². The molecule has 1 unspecified atom stereocenters. The van der Waals surface area contributed by atoms with E-state index in [1.807, 2.05) is 0 Å². The Bertz CT molecular complexity index is 270. The predicted molar refractivity (Wildman–Crippen MR) is 56.6 cm³/mol. The molecule has 5 nitrogen and oxygen atoms in total.